The van der Waals surface area contributed by atoms with Crippen molar-refractivity contribution in [1.82, 2.24) is 4.98 Å². The van der Waals surface area contributed by atoms with Crippen LogP contribution in [0.3, 0.4) is 0 Å². The van der Waals surface area contributed by atoms with Crippen molar-refractivity contribution in [2.45, 2.75) is 38.3 Å². The van der Waals surface area contributed by atoms with Crippen LogP contribution in [0.1, 0.15) is 37.9 Å². The second-order valence-electron chi connectivity index (χ2n) is 8.33. The van der Waals surface area contributed by atoms with Gasteiger partial charge in [0.2, 0.25) is 0 Å². The minimum atomic E-state index is -0.484. The Labute approximate surface area is 162 Å². The lowest BCUT2D eigenvalue weighted by Crippen LogP contribution is -2.68. The maximum Gasteiger partial charge on any atom is 0.131 e. The van der Waals surface area contributed by atoms with E-state index in [0.717, 1.165) is 52.6 Å². The summed E-state index contributed by atoms with van der Waals surface area (Å²) in [5.74, 6) is 2.04. The molecule has 3 aliphatic rings. The Kier molecular flexibility index (Phi) is 4.95. The van der Waals surface area contributed by atoms with Crippen LogP contribution in [-0.4, -0.2) is 47.4 Å². The number of piperidine rings is 3. The van der Waals surface area contributed by atoms with Crippen molar-refractivity contribution in [1.29, 1.82) is 0 Å². The molecule has 2 bridgehead atoms. The largest absolute Gasteiger partial charge is 0.497 e. The molecule has 4 heteroatoms. The van der Waals surface area contributed by atoms with Crippen molar-refractivity contribution in [3.63, 3.8) is 0 Å². The van der Waals surface area contributed by atoms with Crippen molar-refractivity contribution >= 4 is 10.9 Å². The monoisotopic (exact) mass is 367 g/mol. The molecule has 4 nitrogen and oxygen atoms in total. The standard InChI is InChI=1S/C23H31N2O2/c1-4-11-25-12-9-17(16(5-2)15-25)13-22(25)23(26)19-8-10-24-21-7-6-18(27-3)14-20(19)21/h5-8,10,14,16-17,22-23,26H,2,4,9,11-13,15H2,1,3H3/q+1. The minimum absolute atomic E-state index is 0.247. The van der Waals surface area contributed by atoms with Gasteiger partial charge in [-0.3, -0.25) is 4.98 Å². The van der Waals surface area contributed by atoms with Gasteiger partial charge in [-0.25, -0.2) is 0 Å². The molecule has 0 saturated carbocycles. The van der Waals surface area contributed by atoms with Crippen LogP contribution < -0.4 is 4.74 Å². The van der Waals surface area contributed by atoms with Crippen molar-refractivity contribution in [2.75, 3.05) is 26.7 Å². The third-order valence-corrected chi connectivity index (χ3v) is 7.01. The van der Waals surface area contributed by atoms with Crippen LogP contribution in [0.5, 0.6) is 5.75 Å². The fourth-order valence-corrected chi connectivity index (χ4v) is 5.67. The highest BCUT2D eigenvalue weighted by atomic mass is 16.5. The number of hydrogen-bond donors (Lipinski definition) is 1. The lowest BCUT2D eigenvalue weighted by molar-refractivity contribution is -0.973. The summed E-state index contributed by atoms with van der Waals surface area (Å²) >= 11 is 0. The highest BCUT2D eigenvalue weighted by Crippen LogP contribution is 2.47. The number of ether oxygens (including phenoxy) is 1. The van der Waals surface area contributed by atoms with E-state index in [1.165, 1.54) is 13.0 Å². The summed E-state index contributed by atoms with van der Waals surface area (Å²) in [4.78, 5) is 4.49. The second kappa shape index (κ2) is 7.25. The summed E-state index contributed by atoms with van der Waals surface area (Å²) in [6, 6.07) is 8.15. The molecule has 0 radical (unpaired) electrons. The Morgan fingerprint density at radius 1 is 1.41 bits per heavy atom. The number of hydrogen-bond acceptors (Lipinski definition) is 3. The lowest BCUT2D eigenvalue weighted by atomic mass is 9.71. The van der Waals surface area contributed by atoms with Crippen molar-refractivity contribution in [3.05, 3.63) is 48.7 Å². The fourth-order valence-electron chi connectivity index (χ4n) is 5.67. The third-order valence-electron chi connectivity index (χ3n) is 7.01. The number of aliphatic hydroxyl groups is 1. The van der Waals surface area contributed by atoms with Gasteiger partial charge in [-0.2, -0.15) is 0 Å². The van der Waals surface area contributed by atoms with Crippen LogP contribution in [0.15, 0.2) is 43.1 Å². The highest BCUT2D eigenvalue weighted by Gasteiger charge is 2.53. The van der Waals surface area contributed by atoms with Crippen LogP contribution in [0.25, 0.3) is 10.9 Å². The maximum atomic E-state index is 11.6. The molecule has 5 rings (SSSR count). The normalized spacial score (nSPS) is 31.0. The van der Waals surface area contributed by atoms with E-state index in [4.69, 9.17) is 4.74 Å². The molecule has 5 unspecified atom stereocenters. The first-order valence-electron chi connectivity index (χ1n) is 10.2. The average molecular weight is 368 g/mol. The van der Waals surface area contributed by atoms with Crippen LogP contribution in [0.2, 0.25) is 0 Å². The number of rotatable bonds is 6. The molecule has 3 aliphatic heterocycles. The van der Waals surface area contributed by atoms with Gasteiger partial charge in [0.25, 0.3) is 0 Å². The Morgan fingerprint density at radius 2 is 2.26 bits per heavy atom. The molecule has 3 saturated heterocycles. The van der Waals surface area contributed by atoms with Crippen molar-refractivity contribution in [2.24, 2.45) is 11.8 Å². The van der Waals surface area contributed by atoms with E-state index < -0.39 is 6.10 Å². The van der Waals surface area contributed by atoms with Gasteiger partial charge in [0, 0.05) is 30.3 Å². The highest BCUT2D eigenvalue weighted by molar-refractivity contribution is 5.83. The Balaban J connectivity index is 1.75. The summed E-state index contributed by atoms with van der Waals surface area (Å²) in [7, 11) is 1.68. The van der Waals surface area contributed by atoms with Gasteiger partial charge in [-0.1, -0.05) is 13.0 Å². The van der Waals surface area contributed by atoms with Crippen LogP contribution >= 0.6 is 0 Å². The van der Waals surface area contributed by atoms with Crippen LogP contribution in [-0.2, 0) is 0 Å². The first-order chi connectivity index (χ1) is 13.1. The van der Waals surface area contributed by atoms with E-state index in [9.17, 15) is 5.11 Å². The molecule has 144 valence electrons. The van der Waals surface area contributed by atoms with Gasteiger partial charge in [-0.05, 0) is 42.2 Å². The number of pyridine rings is 1. The minimum Gasteiger partial charge on any atom is -0.497 e. The Hall–Kier alpha value is -1.91. The number of fused-ring (bicyclic) bond motifs is 4. The molecule has 27 heavy (non-hydrogen) atoms. The number of methoxy groups -OCH3 is 1. The molecule has 5 atom stereocenters. The number of aliphatic hydroxyl groups excluding tert-OH is 1. The predicted octanol–water partition coefficient (Wildman–Crippen LogP) is 4.10. The van der Waals surface area contributed by atoms with E-state index in [-0.39, 0.29) is 6.04 Å². The van der Waals surface area contributed by atoms with Gasteiger partial charge < -0.3 is 14.3 Å². The number of nitrogens with zero attached hydrogens (tertiary/aromatic N) is 2. The molecule has 4 heterocycles. The van der Waals surface area contributed by atoms with Gasteiger partial charge in [-0.15, -0.1) is 6.58 Å². The Morgan fingerprint density at radius 3 is 3.00 bits per heavy atom. The van der Waals surface area contributed by atoms with Crippen LogP contribution in [0, 0.1) is 11.8 Å². The van der Waals surface area contributed by atoms with E-state index in [1.54, 1.807) is 7.11 Å². The zero-order valence-electron chi connectivity index (χ0n) is 16.5. The smallest absolute Gasteiger partial charge is 0.131 e. The second-order valence-corrected chi connectivity index (χ2v) is 8.33. The average Bonchev–Trinajstić information content (AvgIpc) is 2.72. The van der Waals surface area contributed by atoms with Gasteiger partial charge in [0.15, 0.2) is 0 Å². The molecule has 2 aromatic rings. The topological polar surface area (TPSA) is 42.4 Å². The first-order valence-corrected chi connectivity index (χ1v) is 10.2. The van der Waals surface area contributed by atoms with Crippen molar-refractivity contribution < 1.29 is 14.3 Å². The summed E-state index contributed by atoms with van der Waals surface area (Å²) in [6.45, 7) is 9.77. The van der Waals surface area contributed by atoms with E-state index in [1.807, 2.05) is 30.5 Å². The molecular formula is C23H31N2O2+. The number of aromatic nitrogens is 1. The first kappa shape index (κ1) is 18.5. The van der Waals surface area contributed by atoms with Crippen LogP contribution in [0.4, 0.5) is 0 Å². The SMILES string of the molecule is C=CC1C[N+]2(CCC)CCC1CC2C(O)c1ccnc2ccc(OC)cc12. The molecule has 3 fully saturated rings. The molecular weight excluding hydrogens is 336 g/mol. The maximum absolute atomic E-state index is 11.6. The summed E-state index contributed by atoms with van der Waals surface area (Å²) in [6.07, 6.45) is 6.96. The predicted molar refractivity (Wildman–Crippen MR) is 109 cm³/mol. The number of quaternary nitrogens is 1. The quantitative estimate of drug-likeness (QED) is 0.617. The van der Waals surface area contributed by atoms with Gasteiger partial charge in [0.1, 0.15) is 17.9 Å². The Bertz CT molecular complexity index is 832. The fraction of sp³-hybridized carbons (Fsp3) is 0.522. The van der Waals surface area contributed by atoms with Gasteiger partial charge in [0.05, 0.1) is 32.3 Å². The molecule has 1 aromatic heterocycles. The van der Waals surface area contributed by atoms with Gasteiger partial charge >= 0.3 is 0 Å². The van der Waals surface area contributed by atoms with Crippen molar-refractivity contribution in [3.8, 4) is 5.75 Å². The van der Waals surface area contributed by atoms with E-state index >= 15 is 0 Å². The zero-order chi connectivity index (χ0) is 19.0. The van der Waals surface area contributed by atoms with E-state index in [0.29, 0.717) is 11.8 Å². The number of benzene rings is 1. The lowest BCUT2D eigenvalue weighted by Gasteiger charge is -2.58. The molecule has 1 N–H and O–H groups in total. The molecule has 0 spiro atoms. The molecule has 0 aliphatic carbocycles. The van der Waals surface area contributed by atoms with E-state index in [2.05, 4.69) is 24.6 Å². The summed E-state index contributed by atoms with van der Waals surface area (Å²) in [5.41, 5.74) is 1.90. The summed E-state index contributed by atoms with van der Waals surface area (Å²) in [5, 5.41) is 12.6. The molecule has 1 aromatic carbocycles. The molecule has 0 amide bonds. The summed E-state index contributed by atoms with van der Waals surface area (Å²) < 4.78 is 6.44. The third kappa shape index (κ3) is 3.05. The zero-order valence-corrected chi connectivity index (χ0v) is 16.5.